The van der Waals surface area contributed by atoms with Crippen LogP contribution in [0.2, 0.25) is 0 Å². The van der Waals surface area contributed by atoms with Crippen LogP contribution in [0.3, 0.4) is 0 Å². The van der Waals surface area contributed by atoms with Gasteiger partial charge in [-0.05, 0) is 24.6 Å². The molecule has 2 aromatic carbocycles. The number of urea groups is 1. The van der Waals surface area contributed by atoms with Crippen molar-refractivity contribution in [3.63, 3.8) is 0 Å². The highest BCUT2D eigenvalue weighted by Gasteiger charge is 2.52. The summed E-state index contributed by atoms with van der Waals surface area (Å²) in [7, 11) is 1.76. The smallest absolute Gasteiger partial charge is 0.358 e. The molecule has 0 bridgehead atoms. The molecule has 228 valence electrons. The van der Waals surface area contributed by atoms with E-state index in [1.165, 1.54) is 11.8 Å². The second-order valence-corrected chi connectivity index (χ2v) is 11.6. The van der Waals surface area contributed by atoms with Crippen molar-refractivity contribution in [2.45, 2.75) is 31.7 Å². The van der Waals surface area contributed by atoms with Gasteiger partial charge in [-0.25, -0.2) is 14.4 Å². The number of carbonyl (C=O) groups excluding carboxylic acids is 5. The molecule has 1 fully saturated rings. The summed E-state index contributed by atoms with van der Waals surface area (Å²) in [4.78, 5) is 69.1. The Kier molecular flexibility index (Phi) is 11.0. The van der Waals surface area contributed by atoms with E-state index in [0.717, 1.165) is 35.0 Å². The number of esters is 2. The highest BCUT2D eigenvalue weighted by atomic mass is 32.2. The summed E-state index contributed by atoms with van der Waals surface area (Å²) in [5.74, 6) is -3.80. The summed E-state index contributed by atoms with van der Waals surface area (Å²) < 4.78 is 11.1. The van der Waals surface area contributed by atoms with Crippen molar-refractivity contribution in [2.24, 2.45) is 0 Å². The number of ether oxygens (including phenoxy) is 2. The lowest BCUT2D eigenvalue weighted by Crippen LogP contribution is -2.69. The summed E-state index contributed by atoms with van der Waals surface area (Å²) >= 11 is 1.12. The van der Waals surface area contributed by atoms with Gasteiger partial charge in [0.1, 0.15) is 6.04 Å². The van der Waals surface area contributed by atoms with Crippen LogP contribution in [0.4, 0.5) is 4.79 Å². The number of nitrogens with one attached hydrogen (secondary N) is 1. The van der Waals surface area contributed by atoms with Gasteiger partial charge in [0.05, 0.1) is 6.54 Å². The number of thioether (sulfide) groups is 1. The number of carbonyl (C=O) groups is 5. The maximum absolute atomic E-state index is 14.3. The second-order valence-electron chi connectivity index (χ2n) is 10.4. The predicted octanol–water partition coefficient (Wildman–Crippen LogP) is 2.22. The molecule has 4 rings (SSSR count). The number of hydrogen-bond donors (Lipinski definition) is 1. The monoisotopic (exact) mass is 608 g/mol. The van der Waals surface area contributed by atoms with E-state index >= 15 is 0 Å². The Balaban J connectivity index is 1.60. The molecule has 0 aromatic heterocycles. The van der Waals surface area contributed by atoms with Crippen LogP contribution in [0.15, 0.2) is 72.8 Å². The fourth-order valence-corrected chi connectivity index (χ4v) is 5.54. The van der Waals surface area contributed by atoms with Crippen molar-refractivity contribution in [2.75, 3.05) is 45.5 Å². The van der Waals surface area contributed by atoms with Gasteiger partial charge in [0, 0.05) is 57.4 Å². The molecular formula is C31H36N4O7S. The van der Waals surface area contributed by atoms with Gasteiger partial charge in [0.25, 0.3) is 5.91 Å². The fourth-order valence-electron chi connectivity index (χ4n) is 4.94. The van der Waals surface area contributed by atoms with Crippen LogP contribution in [0.25, 0.3) is 0 Å². The predicted molar refractivity (Wildman–Crippen MR) is 161 cm³/mol. The van der Waals surface area contributed by atoms with Crippen molar-refractivity contribution in [3.05, 3.63) is 83.9 Å². The van der Waals surface area contributed by atoms with Crippen LogP contribution >= 0.6 is 11.8 Å². The van der Waals surface area contributed by atoms with Crippen molar-refractivity contribution in [1.29, 1.82) is 0 Å². The van der Waals surface area contributed by atoms with Crippen LogP contribution in [0.1, 0.15) is 18.1 Å². The van der Waals surface area contributed by atoms with Gasteiger partial charge in [0.2, 0.25) is 0 Å². The highest BCUT2D eigenvalue weighted by Crippen LogP contribution is 2.28. The molecule has 1 atom stereocenters. The maximum Gasteiger partial charge on any atom is 0.358 e. The molecule has 1 N–H and O–H groups in total. The summed E-state index contributed by atoms with van der Waals surface area (Å²) in [6.07, 6.45) is 2.64. The summed E-state index contributed by atoms with van der Waals surface area (Å²) in [6, 6.07) is 17.4. The molecule has 0 saturated carbocycles. The number of amides is 3. The Morgan fingerprint density at radius 2 is 1.53 bits per heavy atom. The highest BCUT2D eigenvalue weighted by molar-refractivity contribution is 8.13. The van der Waals surface area contributed by atoms with Gasteiger partial charge >= 0.3 is 23.9 Å². The van der Waals surface area contributed by atoms with E-state index in [9.17, 15) is 24.0 Å². The third kappa shape index (κ3) is 8.91. The lowest BCUT2D eigenvalue weighted by Gasteiger charge is -2.47. The van der Waals surface area contributed by atoms with Crippen LogP contribution in [-0.2, 0) is 41.5 Å². The van der Waals surface area contributed by atoms with Crippen LogP contribution in [0.5, 0.6) is 0 Å². The third-order valence-electron chi connectivity index (χ3n) is 7.07. The largest absolute Gasteiger partial charge is 0.399 e. The normalized spacial score (nSPS) is 17.0. The number of likely N-dealkylation sites (N-methyl/N-ethyl adjacent to an activating group) is 1. The molecule has 12 heteroatoms. The molecule has 2 aromatic rings. The van der Waals surface area contributed by atoms with Crippen LogP contribution in [0, 0.1) is 0 Å². The molecular weight excluding hydrogens is 572 g/mol. The van der Waals surface area contributed by atoms with E-state index in [-0.39, 0.29) is 31.2 Å². The molecule has 2 aliphatic rings. The number of piperazine rings is 1. The van der Waals surface area contributed by atoms with Gasteiger partial charge in [0.15, 0.2) is 5.12 Å². The van der Waals surface area contributed by atoms with E-state index in [4.69, 9.17) is 9.47 Å². The van der Waals surface area contributed by atoms with Crippen molar-refractivity contribution in [3.8, 4) is 0 Å². The second kappa shape index (κ2) is 14.8. The van der Waals surface area contributed by atoms with Crippen LogP contribution < -0.4 is 5.32 Å². The van der Waals surface area contributed by atoms with Crippen LogP contribution in [-0.4, -0.2) is 101 Å². The molecule has 11 nitrogen and oxygen atoms in total. The SMILES string of the molecule is CC(=O)SCCN(CCc1ccccc1)C(=O)N[C@@H](Cc1ccccc1)C(=O)N1CCN(C)CC12OC(=O)C=CC(=O)O2. The van der Waals surface area contributed by atoms with Gasteiger partial charge in [-0.3, -0.25) is 19.4 Å². The van der Waals surface area contributed by atoms with E-state index in [1.54, 1.807) is 16.8 Å². The molecule has 1 spiro atoms. The van der Waals surface area contributed by atoms with Gasteiger partial charge < -0.3 is 19.7 Å². The molecule has 43 heavy (non-hydrogen) atoms. The van der Waals surface area contributed by atoms with E-state index in [1.807, 2.05) is 60.7 Å². The van der Waals surface area contributed by atoms with E-state index < -0.39 is 35.8 Å². The number of nitrogens with zero attached hydrogens (tertiary/aromatic N) is 3. The molecule has 2 aliphatic heterocycles. The Bertz CT molecular complexity index is 1320. The fraction of sp³-hybridized carbons (Fsp3) is 0.387. The first kappa shape index (κ1) is 31.8. The van der Waals surface area contributed by atoms with Gasteiger partial charge in [-0.15, -0.1) is 0 Å². The maximum atomic E-state index is 14.3. The van der Waals surface area contributed by atoms with Crippen molar-refractivity contribution < 1.29 is 33.4 Å². The lowest BCUT2D eigenvalue weighted by molar-refractivity contribution is -0.291. The molecule has 0 unspecified atom stereocenters. The molecule has 1 saturated heterocycles. The first-order chi connectivity index (χ1) is 20.6. The molecule has 2 heterocycles. The summed E-state index contributed by atoms with van der Waals surface area (Å²) in [5.41, 5.74) is 1.84. The number of benzene rings is 2. The first-order valence-electron chi connectivity index (χ1n) is 14.1. The third-order valence-corrected chi connectivity index (χ3v) is 7.87. The minimum absolute atomic E-state index is 0.0529. The zero-order chi connectivity index (χ0) is 30.8. The van der Waals surface area contributed by atoms with E-state index in [2.05, 4.69) is 5.32 Å². The Morgan fingerprint density at radius 3 is 2.14 bits per heavy atom. The minimum atomic E-state index is -1.99. The molecule has 0 radical (unpaired) electrons. The van der Waals surface area contributed by atoms with E-state index in [0.29, 0.717) is 25.3 Å². The zero-order valence-corrected chi connectivity index (χ0v) is 25.1. The van der Waals surface area contributed by atoms with Crippen molar-refractivity contribution in [1.82, 2.24) is 20.0 Å². The molecule has 0 aliphatic carbocycles. The minimum Gasteiger partial charge on any atom is -0.399 e. The standard InChI is InChI=1S/C31H36N4O7S/c1-23(36)43-20-19-34(16-15-24-9-5-3-6-10-24)30(40)32-26(21-25-11-7-4-8-12-25)29(39)35-18-17-33(2)22-31(35)41-27(37)13-14-28(38)42-31/h3-14,26H,15-22H2,1-2H3,(H,32,40)/t26-/m0/s1. The summed E-state index contributed by atoms with van der Waals surface area (Å²) in [6.45, 7) is 2.57. The Hall–Kier alpha value is -4.16. The first-order valence-corrected chi connectivity index (χ1v) is 15.0. The number of hydrogen-bond acceptors (Lipinski definition) is 9. The van der Waals surface area contributed by atoms with Crippen molar-refractivity contribution >= 4 is 40.8 Å². The van der Waals surface area contributed by atoms with Gasteiger partial charge in [-0.1, -0.05) is 72.4 Å². The average Bonchev–Trinajstić information content (AvgIpc) is 3.11. The van der Waals surface area contributed by atoms with Gasteiger partial charge in [-0.2, -0.15) is 0 Å². The Morgan fingerprint density at radius 1 is 0.930 bits per heavy atom. The number of rotatable bonds is 10. The zero-order valence-electron chi connectivity index (χ0n) is 24.3. The quantitative estimate of drug-likeness (QED) is 0.404. The lowest BCUT2D eigenvalue weighted by atomic mass is 10.0. The molecule has 3 amide bonds. The summed E-state index contributed by atoms with van der Waals surface area (Å²) in [5, 5.41) is 2.85. The topological polar surface area (TPSA) is 126 Å². The Labute approximate surface area is 255 Å². The average molecular weight is 609 g/mol.